The van der Waals surface area contributed by atoms with Gasteiger partial charge in [0.05, 0.1) is 12.2 Å². The van der Waals surface area contributed by atoms with Gasteiger partial charge in [-0.3, -0.25) is 0 Å². The van der Waals surface area contributed by atoms with Gasteiger partial charge in [-0.25, -0.2) is 0 Å². The van der Waals surface area contributed by atoms with Crippen molar-refractivity contribution in [3.05, 3.63) is 0 Å². The third kappa shape index (κ3) is 2.45. The molecule has 0 bridgehead atoms. The second-order valence-corrected chi connectivity index (χ2v) is 7.03. The van der Waals surface area contributed by atoms with Crippen molar-refractivity contribution in [2.75, 3.05) is 19.6 Å². The summed E-state index contributed by atoms with van der Waals surface area (Å²) in [5.41, 5.74) is 0. The van der Waals surface area contributed by atoms with Gasteiger partial charge in [-0.15, -0.1) is 0 Å². The first-order valence-electron chi connectivity index (χ1n) is 7.72. The lowest BCUT2D eigenvalue weighted by Gasteiger charge is -2.34. The highest BCUT2D eigenvalue weighted by molar-refractivity contribution is 4.94. The molecule has 3 heteroatoms. The van der Waals surface area contributed by atoms with E-state index in [1.807, 2.05) is 0 Å². The zero-order chi connectivity index (χ0) is 12.7. The lowest BCUT2D eigenvalue weighted by atomic mass is 9.80. The van der Waals surface area contributed by atoms with Crippen molar-refractivity contribution in [1.29, 1.82) is 0 Å². The molecule has 6 atom stereocenters. The van der Waals surface area contributed by atoms with Gasteiger partial charge in [-0.1, -0.05) is 6.92 Å². The average molecular weight is 253 g/mol. The molecule has 104 valence electrons. The molecule has 2 saturated carbocycles. The fourth-order valence-corrected chi connectivity index (χ4v) is 4.49. The average Bonchev–Trinajstić information content (AvgIpc) is 2.87. The van der Waals surface area contributed by atoms with Crippen LogP contribution in [0.4, 0.5) is 0 Å². The monoisotopic (exact) mass is 253 g/mol. The van der Waals surface area contributed by atoms with Crippen LogP contribution in [0, 0.1) is 23.7 Å². The van der Waals surface area contributed by atoms with E-state index in [-0.39, 0.29) is 12.2 Å². The van der Waals surface area contributed by atoms with Crippen molar-refractivity contribution in [2.45, 2.75) is 51.2 Å². The van der Waals surface area contributed by atoms with E-state index < -0.39 is 0 Å². The van der Waals surface area contributed by atoms with Crippen LogP contribution in [0.2, 0.25) is 0 Å². The molecule has 1 aliphatic heterocycles. The van der Waals surface area contributed by atoms with E-state index in [0.29, 0.717) is 11.8 Å². The van der Waals surface area contributed by atoms with Crippen LogP contribution >= 0.6 is 0 Å². The molecule has 0 aromatic rings. The Morgan fingerprint density at radius 2 is 1.78 bits per heavy atom. The van der Waals surface area contributed by atoms with E-state index in [4.69, 9.17) is 0 Å². The molecule has 3 rings (SSSR count). The summed E-state index contributed by atoms with van der Waals surface area (Å²) < 4.78 is 0. The van der Waals surface area contributed by atoms with Crippen LogP contribution in [-0.4, -0.2) is 47.0 Å². The molecule has 18 heavy (non-hydrogen) atoms. The molecule has 0 amide bonds. The minimum Gasteiger partial charge on any atom is -0.393 e. The Labute approximate surface area is 110 Å². The molecule has 3 fully saturated rings. The van der Waals surface area contributed by atoms with Crippen LogP contribution in [0.3, 0.4) is 0 Å². The molecule has 3 aliphatic rings. The molecule has 2 aliphatic carbocycles. The van der Waals surface area contributed by atoms with Crippen molar-refractivity contribution in [3.63, 3.8) is 0 Å². The van der Waals surface area contributed by atoms with Crippen molar-refractivity contribution in [3.8, 4) is 0 Å². The molecule has 6 unspecified atom stereocenters. The van der Waals surface area contributed by atoms with E-state index >= 15 is 0 Å². The van der Waals surface area contributed by atoms with Gasteiger partial charge < -0.3 is 15.1 Å². The highest BCUT2D eigenvalue weighted by atomic mass is 16.3. The summed E-state index contributed by atoms with van der Waals surface area (Å²) >= 11 is 0. The molecule has 0 spiro atoms. The van der Waals surface area contributed by atoms with E-state index in [1.54, 1.807) is 0 Å². The third-order valence-corrected chi connectivity index (χ3v) is 5.59. The lowest BCUT2D eigenvalue weighted by molar-refractivity contribution is 0.0315. The summed E-state index contributed by atoms with van der Waals surface area (Å²) in [6.07, 6.45) is 5.40. The molecule has 0 aromatic heterocycles. The Morgan fingerprint density at radius 3 is 2.56 bits per heavy atom. The summed E-state index contributed by atoms with van der Waals surface area (Å²) in [6, 6.07) is 0. The molecular formula is C15H27NO2. The Bertz CT molecular complexity index is 296. The van der Waals surface area contributed by atoms with Crippen LogP contribution in [0.5, 0.6) is 0 Å². The molecule has 1 saturated heterocycles. The van der Waals surface area contributed by atoms with Crippen molar-refractivity contribution < 1.29 is 10.2 Å². The largest absolute Gasteiger partial charge is 0.393 e. The fourth-order valence-electron chi connectivity index (χ4n) is 4.49. The molecule has 2 N–H and O–H groups in total. The second kappa shape index (κ2) is 5.10. The smallest absolute Gasteiger partial charge is 0.0583 e. The number of fused-ring (bicyclic) bond motifs is 1. The van der Waals surface area contributed by atoms with E-state index in [9.17, 15) is 10.2 Å². The van der Waals surface area contributed by atoms with Gasteiger partial charge >= 0.3 is 0 Å². The number of hydrogen-bond acceptors (Lipinski definition) is 3. The minimum absolute atomic E-state index is 0.0600. The lowest BCUT2D eigenvalue weighted by Crippen LogP contribution is -2.38. The first kappa shape index (κ1) is 12.9. The highest BCUT2D eigenvalue weighted by Gasteiger charge is 2.42. The maximum absolute atomic E-state index is 10.1. The van der Waals surface area contributed by atoms with Crippen molar-refractivity contribution in [2.24, 2.45) is 23.7 Å². The number of hydrogen-bond donors (Lipinski definition) is 2. The van der Waals surface area contributed by atoms with Crippen LogP contribution in [-0.2, 0) is 0 Å². The first-order valence-corrected chi connectivity index (χ1v) is 7.72. The van der Waals surface area contributed by atoms with Crippen LogP contribution in [0.15, 0.2) is 0 Å². The summed E-state index contributed by atoms with van der Waals surface area (Å²) in [5, 5.41) is 20.1. The van der Waals surface area contributed by atoms with Crippen LogP contribution < -0.4 is 0 Å². The van der Waals surface area contributed by atoms with Gasteiger partial charge in [-0.05, 0) is 49.9 Å². The molecule has 0 aromatic carbocycles. The number of aliphatic hydroxyl groups excluding tert-OH is 2. The Hall–Kier alpha value is -0.120. The third-order valence-electron chi connectivity index (χ3n) is 5.59. The first-order chi connectivity index (χ1) is 8.63. The molecule has 0 radical (unpaired) electrons. The van der Waals surface area contributed by atoms with E-state index in [1.165, 1.54) is 19.3 Å². The van der Waals surface area contributed by atoms with Crippen LogP contribution in [0.1, 0.15) is 39.0 Å². The summed E-state index contributed by atoms with van der Waals surface area (Å²) in [5.74, 6) is 2.47. The summed E-state index contributed by atoms with van der Waals surface area (Å²) in [7, 11) is 0. The Kier molecular flexibility index (Phi) is 3.65. The zero-order valence-electron chi connectivity index (χ0n) is 11.5. The predicted molar refractivity (Wildman–Crippen MR) is 71.2 cm³/mol. The van der Waals surface area contributed by atoms with E-state index in [0.717, 1.165) is 44.3 Å². The van der Waals surface area contributed by atoms with Gasteiger partial charge in [-0.2, -0.15) is 0 Å². The maximum atomic E-state index is 10.1. The fraction of sp³-hybridized carbons (Fsp3) is 1.00. The van der Waals surface area contributed by atoms with Crippen molar-refractivity contribution in [1.82, 2.24) is 4.90 Å². The van der Waals surface area contributed by atoms with Crippen LogP contribution in [0.25, 0.3) is 0 Å². The van der Waals surface area contributed by atoms with Gasteiger partial charge in [0.25, 0.3) is 0 Å². The Balaban J connectivity index is 1.54. The van der Waals surface area contributed by atoms with Gasteiger partial charge in [0.2, 0.25) is 0 Å². The number of nitrogens with zero attached hydrogens (tertiary/aromatic N) is 1. The molecular weight excluding hydrogens is 226 g/mol. The number of likely N-dealkylation sites (tertiary alicyclic amines) is 1. The minimum atomic E-state index is -0.0911. The van der Waals surface area contributed by atoms with Gasteiger partial charge in [0.1, 0.15) is 0 Å². The SMILES string of the molecule is CC1CCC(O)C(CN2CC3CCC(O)C3C2)C1. The van der Waals surface area contributed by atoms with Crippen molar-refractivity contribution >= 4 is 0 Å². The predicted octanol–water partition coefficient (Wildman–Crippen LogP) is 1.49. The number of rotatable bonds is 2. The van der Waals surface area contributed by atoms with Gasteiger partial charge in [0.15, 0.2) is 0 Å². The quantitative estimate of drug-likeness (QED) is 0.783. The highest BCUT2D eigenvalue weighted by Crippen LogP contribution is 2.39. The topological polar surface area (TPSA) is 43.7 Å². The van der Waals surface area contributed by atoms with E-state index in [2.05, 4.69) is 11.8 Å². The Morgan fingerprint density at radius 1 is 1.00 bits per heavy atom. The van der Waals surface area contributed by atoms with Gasteiger partial charge in [0, 0.05) is 25.6 Å². The molecule has 1 heterocycles. The second-order valence-electron chi connectivity index (χ2n) is 7.03. The summed E-state index contributed by atoms with van der Waals surface area (Å²) in [6.45, 7) is 5.56. The zero-order valence-corrected chi connectivity index (χ0v) is 11.5. The summed E-state index contributed by atoms with van der Waals surface area (Å²) in [4.78, 5) is 2.50. The normalized spacial score (nSPS) is 49.5. The standard InChI is InChI=1S/C15H27NO2/c1-10-2-4-14(17)12(6-10)8-16-7-11-3-5-15(18)13(11)9-16/h10-15,17-18H,2-9H2,1H3. The number of aliphatic hydroxyl groups is 2. The maximum Gasteiger partial charge on any atom is 0.0583 e. The molecule has 3 nitrogen and oxygen atoms in total.